The van der Waals surface area contributed by atoms with Gasteiger partial charge in [-0.3, -0.25) is 4.98 Å². The number of hydrogen-bond donors (Lipinski definition) is 0. The lowest BCUT2D eigenvalue weighted by atomic mass is 10.2. The van der Waals surface area contributed by atoms with Crippen LogP contribution in [0.15, 0.2) is 36.5 Å². The highest BCUT2D eigenvalue weighted by molar-refractivity contribution is 14.1. The van der Waals surface area contributed by atoms with E-state index in [1.54, 1.807) is 0 Å². The molecule has 1 fully saturated rings. The number of fused-ring (bicyclic) bond motifs is 1. The van der Waals surface area contributed by atoms with Crippen molar-refractivity contribution < 1.29 is 4.74 Å². The largest absolute Gasteiger partial charge is 0.489 e. The minimum absolute atomic E-state index is 0.290. The number of pyridine rings is 1. The molecule has 2 atom stereocenters. The first-order chi connectivity index (χ1) is 8.72. The Kier molecular flexibility index (Phi) is 3.39. The molecule has 3 nitrogen and oxygen atoms in total. The molecular weight excluding hydrogens is 339 g/mol. The number of rotatable bonds is 2. The van der Waals surface area contributed by atoms with Gasteiger partial charge >= 0.3 is 0 Å². The first-order valence-electron chi connectivity index (χ1n) is 6.16. The van der Waals surface area contributed by atoms with Crippen molar-refractivity contribution in [3.05, 3.63) is 36.5 Å². The first kappa shape index (κ1) is 12.2. The van der Waals surface area contributed by atoms with E-state index >= 15 is 0 Å². The maximum atomic E-state index is 6.04. The molecule has 2 unspecified atom stereocenters. The Hall–Kier alpha value is -0.880. The fourth-order valence-electron chi connectivity index (χ4n) is 2.34. The summed E-state index contributed by atoms with van der Waals surface area (Å²) < 4.78 is 8.35. The summed E-state index contributed by atoms with van der Waals surface area (Å²) in [5.41, 5.74) is 0.993. The number of ether oxygens (including phenoxy) is 1. The minimum Gasteiger partial charge on any atom is -0.489 e. The Morgan fingerprint density at radius 2 is 2.28 bits per heavy atom. The van der Waals surface area contributed by atoms with Gasteiger partial charge in [-0.2, -0.15) is 0 Å². The molecular formula is C14H15IN2O. The minimum atomic E-state index is 0.290. The molecule has 0 saturated carbocycles. The zero-order chi connectivity index (χ0) is 12.5. The van der Waals surface area contributed by atoms with E-state index in [-0.39, 0.29) is 6.10 Å². The summed E-state index contributed by atoms with van der Waals surface area (Å²) >= 11 is 2.37. The topological polar surface area (TPSA) is 25.4 Å². The fraction of sp³-hybridized carbons (Fsp3) is 0.357. The molecule has 0 amide bonds. The molecule has 94 valence electrons. The molecule has 0 bridgehead atoms. The molecule has 1 saturated heterocycles. The van der Waals surface area contributed by atoms with E-state index in [9.17, 15) is 0 Å². The van der Waals surface area contributed by atoms with Gasteiger partial charge in [-0.25, -0.2) is 3.11 Å². The highest BCUT2D eigenvalue weighted by Crippen LogP contribution is 2.26. The Labute approximate surface area is 121 Å². The van der Waals surface area contributed by atoms with Gasteiger partial charge in [0, 0.05) is 59.5 Å². The monoisotopic (exact) mass is 354 g/mol. The lowest BCUT2D eigenvalue weighted by Gasteiger charge is -2.13. The van der Waals surface area contributed by atoms with Gasteiger partial charge in [-0.15, -0.1) is 0 Å². The van der Waals surface area contributed by atoms with Crippen LogP contribution in [0.4, 0.5) is 0 Å². The molecule has 4 heteroatoms. The SMILES string of the molecule is CC1CC(Oc2ccc3cccnc3c2)CN1I. The number of benzene rings is 1. The van der Waals surface area contributed by atoms with Crippen LogP contribution >= 0.6 is 22.9 Å². The highest BCUT2D eigenvalue weighted by Gasteiger charge is 2.28. The Morgan fingerprint density at radius 1 is 1.39 bits per heavy atom. The van der Waals surface area contributed by atoms with Crippen LogP contribution in [0.1, 0.15) is 13.3 Å². The zero-order valence-corrected chi connectivity index (χ0v) is 12.4. The van der Waals surface area contributed by atoms with Gasteiger partial charge in [-0.05, 0) is 25.1 Å². The van der Waals surface area contributed by atoms with Crippen LogP contribution in [0.5, 0.6) is 5.75 Å². The van der Waals surface area contributed by atoms with E-state index in [2.05, 4.69) is 50.0 Å². The zero-order valence-electron chi connectivity index (χ0n) is 10.2. The third kappa shape index (κ3) is 2.44. The van der Waals surface area contributed by atoms with Crippen molar-refractivity contribution in [1.29, 1.82) is 0 Å². The molecule has 0 aliphatic carbocycles. The number of aromatic nitrogens is 1. The standard InChI is InChI=1S/C14H15IN2O/c1-10-7-13(9-17(10)15)18-12-5-4-11-3-2-6-16-14(11)8-12/h2-6,8,10,13H,7,9H2,1H3. The van der Waals surface area contributed by atoms with Gasteiger partial charge < -0.3 is 4.74 Å². The average molecular weight is 354 g/mol. The summed E-state index contributed by atoms with van der Waals surface area (Å²) in [4.78, 5) is 4.35. The molecule has 3 rings (SSSR count). The van der Waals surface area contributed by atoms with Crippen LogP contribution < -0.4 is 4.74 Å². The molecule has 2 heterocycles. The first-order valence-corrected chi connectivity index (χ1v) is 7.13. The normalized spacial score (nSPS) is 24.6. The summed E-state index contributed by atoms with van der Waals surface area (Å²) in [5, 5.41) is 1.15. The molecule has 0 N–H and O–H groups in total. The van der Waals surface area contributed by atoms with Crippen LogP contribution in [-0.2, 0) is 0 Å². The number of nitrogens with zero attached hydrogens (tertiary/aromatic N) is 2. The van der Waals surface area contributed by atoms with Crippen molar-refractivity contribution >= 4 is 33.8 Å². The van der Waals surface area contributed by atoms with Crippen LogP contribution in [0.3, 0.4) is 0 Å². The number of hydrogen-bond acceptors (Lipinski definition) is 3. The van der Waals surface area contributed by atoms with Crippen LogP contribution in [-0.4, -0.2) is 26.8 Å². The van der Waals surface area contributed by atoms with E-state index in [1.807, 2.05) is 24.4 Å². The summed E-state index contributed by atoms with van der Waals surface area (Å²) in [6.45, 7) is 3.22. The second-order valence-corrected chi connectivity index (χ2v) is 6.00. The number of halogens is 1. The Morgan fingerprint density at radius 3 is 3.06 bits per heavy atom. The second-order valence-electron chi connectivity index (χ2n) is 4.76. The summed E-state index contributed by atoms with van der Waals surface area (Å²) in [5.74, 6) is 0.921. The molecule has 0 radical (unpaired) electrons. The molecule has 18 heavy (non-hydrogen) atoms. The van der Waals surface area contributed by atoms with Gasteiger partial charge in [0.05, 0.1) is 5.52 Å². The predicted molar refractivity (Wildman–Crippen MR) is 81.0 cm³/mol. The van der Waals surface area contributed by atoms with Gasteiger partial charge in [0.25, 0.3) is 0 Å². The molecule has 1 aromatic heterocycles. The van der Waals surface area contributed by atoms with Crippen LogP contribution in [0, 0.1) is 0 Å². The average Bonchev–Trinajstić information content (AvgIpc) is 2.68. The highest BCUT2D eigenvalue weighted by atomic mass is 127. The summed E-state index contributed by atoms with van der Waals surface area (Å²) in [6.07, 6.45) is 3.19. The van der Waals surface area contributed by atoms with Crippen LogP contribution in [0.2, 0.25) is 0 Å². The van der Waals surface area contributed by atoms with Crippen molar-refractivity contribution in [2.45, 2.75) is 25.5 Å². The summed E-state index contributed by atoms with van der Waals surface area (Å²) in [6, 6.07) is 10.7. The van der Waals surface area contributed by atoms with Crippen molar-refractivity contribution in [3.63, 3.8) is 0 Å². The van der Waals surface area contributed by atoms with E-state index < -0.39 is 0 Å². The third-order valence-electron chi connectivity index (χ3n) is 3.34. The van der Waals surface area contributed by atoms with Crippen molar-refractivity contribution in [2.75, 3.05) is 6.54 Å². The van der Waals surface area contributed by atoms with E-state index in [0.29, 0.717) is 6.04 Å². The van der Waals surface area contributed by atoms with Crippen molar-refractivity contribution in [3.8, 4) is 5.75 Å². The fourth-order valence-corrected chi connectivity index (χ4v) is 3.01. The van der Waals surface area contributed by atoms with Crippen molar-refractivity contribution in [2.24, 2.45) is 0 Å². The van der Waals surface area contributed by atoms with Gasteiger partial charge in [0.2, 0.25) is 0 Å². The molecule has 1 aromatic carbocycles. The smallest absolute Gasteiger partial charge is 0.121 e. The lowest BCUT2D eigenvalue weighted by molar-refractivity contribution is 0.217. The predicted octanol–water partition coefficient (Wildman–Crippen LogP) is 3.43. The summed E-state index contributed by atoms with van der Waals surface area (Å²) in [7, 11) is 0. The van der Waals surface area contributed by atoms with E-state index in [4.69, 9.17) is 4.74 Å². The molecule has 2 aromatic rings. The quantitative estimate of drug-likeness (QED) is 0.610. The lowest BCUT2D eigenvalue weighted by Crippen LogP contribution is -2.19. The molecule has 1 aliphatic heterocycles. The molecule has 0 spiro atoms. The third-order valence-corrected chi connectivity index (χ3v) is 4.69. The van der Waals surface area contributed by atoms with Crippen molar-refractivity contribution in [1.82, 2.24) is 8.10 Å². The van der Waals surface area contributed by atoms with E-state index in [1.165, 1.54) is 0 Å². The van der Waals surface area contributed by atoms with Gasteiger partial charge in [-0.1, -0.05) is 6.07 Å². The maximum Gasteiger partial charge on any atom is 0.121 e. The maximum absolute atomic E-state index is 6.04. The second kappa shape index (κ2) is 5.01. The Balaban J connectivity index is 1.79. The van der Waals surface area contributed by atoms with E-state index in [0.717, 1.165) is 29.6 Å². The van der Waals surface area contributed by atoms with Crippen LogP contribution in [0.25, 0.3) is 10.9 Å². The Bertz CT molecular complexity index is 550. The van der Waals surface area contributed by atoms with Gasteiger partial charge in [0.15, 0.2) is 0 Å². The molecule has 1 aliphatic rings. The van der Waals surface area contributed by atoms with Gasteiger partial charge in [0.1, 0.15) is 11.9 Å².